The van der Waals surface area contributed by atoms with Gasteiger partial charge in [0.2, 0.25) is 5.91 Å². The van der Waals surface area contributed by atoms with Crippen LogP contribution in [-0.2, 0) is 17.8 Å². The van der Waals surface area contributed by atoms with Crippen LogP contribution in [0, 0.1) is 0 Å². The van der Waals surface area contributed by atoms with Crippen LogP contribution in [0.15, 0.2) is 76.7 Å². The Morgan fingerprint density at radius 3 is 2.67 bits per heavy atom. The van der Waals surface area contributed by atoms with E-state index in [1.165, 1.54) is 0 Å². The smallest absolute Gasteiger partial charge is 0.228 e. The van der Waals surface area contributed by atoms with Crippen LogP contribution in [-0.4, -0.2) is 10.5 Å². The highest BCUT2D eigenvalue weighted by atomic mass is 35.5. The van der Waals surface area contributed by atoms with E-state index < -0.39 is 0 Å². The zero-order chi connectivity index (χ0) is 21.3. The number of carbonyl (C=O) groups is 1. The fourth-order valence-electron chi connectivity index (χ4n) is 2.78. The Hall–Kier alpha value is -3.16. The summed E-state index contributed by atoms with van der Waals surface area (Å²) in [5, 5.41) is 6.90. The number of carbonyl (C=O) groups excluding carboxylic acids is 1. The van der Waals surface area contributed by atoms with Crippen LogP contribution in [0.5, 0.6) is 11.5 Å². The van der Waals surface area contributed by atoms with Crippen LogP contribution in [0.25, 0.3) is 10.4 Å². The molecule has 0 radical (unpaired) electrons. The molecule has 1 amide bonds. The molecule has 0 aliphatic rings. The second-order valence-corrected chi connectivity index (χ2v) is 7.27. The van der Waals surface area contributed by atoms with Gasteiger partial charge in [-0.3, -0.25) is 4.79 Å². The van der Waals surface area contributed by atoms with Crippen molar-refractivity contribution in [1.29, 1.82) is 0 Å². The van der Waals surface area contributed by atoms with Crippen LogP contribution in [0.3, 0.4) is 0 Å². The Morgan fingerprint density at radius 2 is 1.97 bits per heavy atom. The lowest BCUT2D eigenvalue weighted by Gasteiger charge is -2.16. The van der Waals surface area contributed by atoms with E-state index >= 15 is 0 Å². The molecular formula is C21H17ClN4O3S. The largest absolute Gasteiger partial charge is 0.456 e. The number of hydrogen-bond acceptors (Lipinski definition) is 5. The van der Waals surface area contributed by atoms with Crippen LogP contribution in [0.2, 0.25) is 5.02 Å². The number of azide groups is 1. The number of benzene rings is 3. The minimum atomic E-state index is -0.215. The molecule has 3 rings (SSSR count). The third-order valence-corrected chi connectivity index (χ3v) is 4.78. The standard InChI is InChI=1S/C21H17ClN4O3S/c22-16-7-4-8-18(11-16)29-21-15(13-24-26-23)10-17(12-19(21)30-28)25-20(27)9-14-5-2-1-3-6-14/h1-8,10-12,28H,9,13H2,(H,25,27). The number of nitrogens with one attached hydrogen (secondary N) is 1. The molecule has 30 heavy (non-hydrogen) atoms. The Labute approximate surface area is 182 Å². The molecule has 0 aromatic heterocycles. The van der Waals surface area contributed by atoms with Crippen molar-refractivity contribution in [2.45, 2.75) is 17.9 Å². The third-order valence-electron chi connectivity index (χ3n) is 4.04. The molecule has 0 bridgehead atoms. The predicted octanol–water partition coefficient (Wildman–Crippen LogP) is 6.69. The average molecular weight is 441 g/mol. The van der Waals surface area contributed by atoms with Crippen LogP contribution < -0.4 is 10.1 Å². The molecule has 0 unspecified atom stereocenters. The van der Waals surface area contributed by atoms with Crippen molar-refractivity contribution in [2.75, 3.05) is 5.32 Å². The van der Waals surface area contributed by atoms with Gasteiger partial charge in [0.05, 0.1) is 17.9 Å². The SMILES string of the molecule is [N-]=[N+]=NCc1cc(NC(=O)Cc2ccccc2)cc(SO)c1Oc1cccc(Cl)c1. The van der Waals surface area contributed by atoms with E-state index in [9.17, 15) is 9.35 Å². The maximum atomic E-state index is 12.4. The molecule has 0 aliphatic heterocycles. The maximum absolute atomic E-state index is 12.4. The summed E-state index contributed by atoms with van der Waals surface area (Å²) in [5.41, 5.74) is 10.6. The minimum absolute atomic E-state index is 0.0254. The Morgan fingerprint density at radius 1 is 1.17 bits per heavy atom. The van der Waals surface area contributed by atoms with Gasteiger partial charge in [0.15, 0.2) is 0 Å². The maximum Gasteiger partial charge on any atom is 0.228 e. The first-order valence-corrected chi connectivity index (χ1v) is 10.0. The van der Waals surface area contributed by atoms with Crippen LogP contribution in [0.1, 0.15) is 11.1 Å². The summed E-state index contributed by atoms with van der Waals surface area (Å²) in [6.07, 6.45) is 0.203. The summed E-state index contributed by atoms with van der Waals surface area (Å²) in [7, 11) is 0. The van der Waals surface area contributed by atoms with E-state index in [1.807, 2.05) is 30.3 Å². The fraction of sp³-hybridized carbons (Fsp3) is 0.0952. The van der Waals surface area contributed by atoms with Gasteiger partial charge in [-0.05, 0) is 41.4 Å². The molecule has 0 heterocycles. The van der Waals surface area contributed by atoms with E-state index in [0.717, 1.165) is 5.56 Å². The summed E-state index contributed by atoms with van der Waals surface area (Å²) in [6, 6.07) is 19.4. The Bertz CT molecular complexity index is 1090. The van der Waals surface area contributed by atoms with Crippen molar-refractivity contribution in [2.24, 2.45) is 5.11 Å². The van der Waals surface area contributed by atoms with E-state index in [2.05, 4.69) is 15.3 Å². The van der Waals surface area contributed by atoms with E-state index in [0.29, 0.717) is 44.7 Å². The van der Waals surface area contributed by atoms with Gasteiger partial charge in [-0.2, -0.15) is 0 Å². The van der Waals surface area contributed by atoms with Gasteiger partial charge in [-0.25, -0.2) is 0 Å². The normalized spacial score (nSPS) is 10.2. The minimum Gasteiger partial charge on any atom is -0.456 e. The van der Waals surface area contributed by atoms with Crippen LogP contribution in [0.4, 0.5) is 5.69 Å². The molecule has 9 heteroatoms. The summed E-state index contributed by atoms with van der Waals surface area (Å²) in [5.74, 6) is 0.562. The molecule has 2 N–H and O–H groups in total. The molecule has 7 nitrogen and oxygen atoms in total. The first kappa shape index (κ1) is 21.5. The highest BCUT2D eigenvalue weighted by molar-refractivity contribution is 7.93. The molecule has 0 saturated heterocycles. The van der Waals surface area contributed by atoms with Gasteiger partial charge in [0, 0.05) is 33.2 Å². The number of ether oxygens (including phenoxy) is 1. The molecule has 0 fully saturated rings. The monoisotopic (exact) mass is 440 g/mol. The van der Waals surface area contributed by atoms with Crippen molar-refractivity contribution < 1.29 is 14.1 Å². The molecule has 152 valence electrons. The van der Waals surface area contributed by atoms with E-state index in [-0.39, 0.29) is 18.9 Å². The molecule has 0 saturated carbocycles. The lowest BCUT2D eigenvalue weighted by atomic mass is 10.1. The lowest BCUT2D eigenvalue weighted by Crippen LogP contribution is -2.14. The Kier molecular flexibility index (Phi) is 7.59. The molecule has 0 spiro atoms. The zero-order valence-corrected chi connectivity index (χ0v) is 17.2. The van der Waals surface area contributed by atoms with E-state index in [1.54, 1.807) is 36.4 Å². The number of hydrogen-bond donors (Lipinski definition) is 2. The van der Waals surface area contributed by atoms with Crippen molar-refractivity contribution in [3.05, 3.63) is 93.3 Å². The number of anilines is 1. The molecule has 3 aromatic carbocycles. The third kappa shape index (κ3) is 5.92. The van der Waals surface area contributed by atoms with Gasteiger partial charge < -0.3 is 14.6 Å². The molecular weight excluding hydrogens is 424 g/mol. The van der Waals surface area contributed by atoms with Gasteiger partial charge in [0.1, 0.15) is 11.5 Å². The van der Waals surface area contributed by atoms with Crippen LogP contribution >= 0.6 is 23.6 Å². The molecule has 0 atom stereocenters. The highest BCUT2D eigenvalue weighted by Gasteiger charge is 2.15. The Balaban J connectivity index is 1.89. The topological polar surface area (TPSA) is 107 Å². The second kappa shape index (κ2) is 10.6. The molecule has 3 aromatic rings. The first-order valence-electron chi connectivity index (χ1n) is 8.85. The summed E-state index contributed by atoms with van der Waals surface area (Å²) < 4.78 is 15.7. The number of halogens is 1. The number of rotatable bonds is 8. The van der Waals surface area contributed by atoms with Crippen molar-refractivity contribution in [1.82, 2.24) is 0 Å². The highest BCUT2D eigenvalue weighted by Crippen LogP contribution is 2.38. The zero-order valence-electron chi connectivity index (χ0n) is 15.7. The van der Waals surface area contributed by atoms with E-state index in [4.69, 9.17) is 21.9 Å². The van der Waals surface area contributed by atoms with Gasteiger partial charge in [0.25, 0.3) is 0 Å². The lowest BCUT2D eigenvalue weighted by molar-refractivity contribution is -0.115. The molecule has 0 aliphatic carbocycles. The van der Waals surface area contributed by atoms with Gasteiger partial charge >= 0.3 is 0 Å². The van der Waals surface area contributed by atoms with Gasteiger partial charge in [-0.15, -0.1) is 0 Å². The first-order chi connectivity index (χ1) is 14.6. The summed E-state index contributed by atoms with van der Waals surface area (Å²) in [4.78, 5) is 15.6. The van der Waals surface area contributed by atoms with Crippen molar-refractivity contribution in [3.8, 4) is 11.5 Å². The number of amides is 1. The predicted molar refractivity (Wildman–Crippen MR) is 118 cm³/mol. The quantitative estimate of drug-likeness (QED) is 0.176. The van der Waals surface area contributed by atoms with Crippen molar-refractivity contribution in [3.63, 3.8) is 0 Å². The fourth-order valence-corrected chi connectivity index (χ4v) is 3.39. The number of nitrogens with zero attached hydrogens (tertiary/aromatic N) is 3. The second-order valence-electron chi connectivity index (χ2n) is 6.21. The van der Waals surface area contributed by atoms with Gasteiger partial charge in [-0.1, -0.05) is 53.1 Å². The van der Waals surface area contributed by atoms with Crippen molar-refractivity contribution >= 4 is 35.2 Å². The summed E-state index contributed by atoms with van der Waals surface area (Å²) >= 11 is 6.48. The summed E-state index contributed by atoms with van der Waals surface area (Å²) in [6.45, 7) is -0.0254. The average Bonchev–Trinajstić information content (AvgIpc) is 2.74.